The zero-order valence-electron chi connectivity index (χ0n) is 14.7. The molecule has 0 N–H and O–H groups in total. The molecule has 0 aliphatic carbocycles. The molecule has 1 unspecified atom stereocenters. The molecule has 8 nitrogen and oxygen atoms in total. The summed E-state index contributed by atoms with van der Waals surface area (Å²) in [6.07, 6.45) is 0.479. The molecule has 0 fully saturated rings. The number of ether oxygens (including phenoxy) is 3. The number of hydrogen-bond donors (Lipinski definition) is 0. The smallest absolute Gasteiger partial charge is 0.410 e. The predicted molar refractivity (Wildman–Crippen MR) is 88.6 cm³/mol. The van der Waals surface area contributed by atoms with Crippen molar-refractivity contribution in [3.8, 4) is 11.5 Å². The van der Waals surface area contributed by atoms with Gasteiger partial charge in [-0.25, -0.2) is 4.79 Å². The normalized spacial score (nSPS) is 11.5. The third kappa shape index (κ3) is 4.74. The molecule has 0 saturated carbocycles. The number of unbranched alkanes of at least 4 members (excludes halogenated alkanes) is 1. The summed E-state index contributed by atoms with van der Waals surface area (Å²) in [5.74, 6) is 0.576. The van der Waals surface area contributed by atoms with E-state index in [9.17, 15) is 14.9 Å². The first-order valence-electron chi connectivity index (χ1n) is 7.67. The summed E-state index contributed by atoms with van der Waals surface area (Å²) in [4.78, 5) is 24.3. The fourth-order valence-electron chi connectivity index (χ4n) is 2.16. The van der Waals surface area contributed by atoms with Crippen LogP contribution >= 0.6 is 0 Å². The summed E-state index contributed by atoms with van der Waals surface area (Å²) in [6, 6.07) is 2.72. The lowest BCUT2D eigenvalue weighted by atomic mass is 10.1. The van der Waals surface area contributed by atoms with Crippen molar-refractivity contribution in [3.63, 3.8) is 0 Å². The van der Waals surface area contributed by atoms with Gasteiger partial charge >= 0.3 is 6.09 Å². The molecule has 0 aliphatic heterocycles. The molecule has 1 amide bonds. The van der Waals surface area contributed by atoms with E-state index in [1.165, 1.54) is 31.3 Å². The molecule has 0 spiro atoms. The van der Waals surface area contributed by atoms with Gasteiger partial charge in [0.05, 0.1) is 30.8 Å². The molecular formula is C16H24N2O6. The van der Waals surface area contributed by atoms with Gasteiger partial charge in [-0.2, -0.15) is 0 Å². The maximum Gasteiger partial charge on any atom is 0.410 e. The average molecular weight is 340 g/mol. The fraction of sp³-hybridized carbons (Fsp3) is 0.562. The van der Waals surface area contributed by atoms with Crippen molar-refractivity contribution >= 4 is 11.8 Å². The molecule has 1 aromatic rings. The first-order valence-corrected chi connectivity index (χ1v) is 7.67. The summed E-state index contributed by atoms with van der Waals surface area (Å²) in [5.41, 5.74) is 0.0547. The van der Waals surface area contributed by atoms with Crippen LogP contribution in [-0.4, -0.2) is 43.7 Å². The molecule has 0 saturated heterocycles. The Bertz CT molecular complexity index is 590. The van der Waals surface area contributed by atoms with Gasteiger partial charge in [0.2, 0.25) is 0 Å². The Labute approximate surface area is 141 Å². The Hall–Kier alpha value is -2.51. The SMILES string of the molecule is CCCCN(C)C(=O)OC(C)c1cc(OC)c(OC)cc1[N+](=O)[O-]. The molecule has 1 aromatic carbocycles. The van der Waals surface area contributed by atoms with Crippen LogP contribution in [0.5, 0.6) is 11.5 Å². The van der Waals surface area contributed by atoms with E-state index in [1.54, 1.807) is 14.0 Å². The van der Waals surface area contributed by atoms with Gasteiger partial charge in [0.25, 0.3) is 5.69 Å². The van der Waals surface area contributed by atoms with Gasteiger partial charge in [-0.3, -0.25) is 10.1 Å². The van der Waals surface area contributed by atoms with Crippen molar-refractivity contribution in [3.05, 3.63) is 27.8 Å². The van der Waals surface area contributed by atoms with Crippen LogP contribution in [-0.2, 0) is 4.74 Å². The van der Waals surface area contributed by atoms with E-state index in [0.29, 0.717) is 12.3 Å². The van der Waals surface area contributed by atoms with Crippen molar-refractivity contribution in [2.45, 2.75) is 32.8 Å². The first kappa shape index (κ1) is 19.5. The second-order valence-electron chi connectivity index (χ2n) is 5.32. The molecule has 1 rings (SSSR count). The fourth-order valence-corrected chi connectivity index (χ4v) is 2.16. The number of benzene rings is 1. The third-order valence-electron chi connectivity index (χ3n) is 3.60. The van der Waals surface area contributed by atoms with Crippen LogP contribution in [0.15, 0.2) is 12.1 Å². The summed E-state index contributed by atoms with van der Waals surface area (Å²) in [5, 5.41) is 11.3. The van der Waals surface area contributed by atoms with Crippen LogP contribution in [0.2, 0.25) is 0 Å². The van der Waals surface area contributed by atoms with Gasteiger partial charge in [-0.05, 0) is 19.4 Å². The number of nitrogens with zero attached hydrogens (tertiary/aromatic N) is 2. The molecule has 134 valence electrons. The number of rotatable bonds is 8. The molecule has 0 radical (unpaired) electrons. The molecule has 0 aliphatic rings. The van der Waals surface area contributed by atoms with E-state index in [0.717, 1.165) is 12.8 Å². The zero-order valence-corrected chi connectivity index (χ0v) is 14.7. The number of carbonyl (C=O) groups excluding carboxylic acids is 1. The minimum Gasteiger partial charge on any atom is -0.493 e. The van der Waals surface area contributed by atoms with Crippen LogP contribution < -0.4 is 9.47 Å². The standard InChI is InChI=1S/C16H24N2O6/c1-6-7-8-17(3)16(19)24-11(2)12-9-14(22-4)15(23-5)10-13(12)18(20)21/h9-11H,6-8H2,1-5H3. The Balaban J connectivity index is 3.06. The molecule has 0 heterocycles. The number of nitro benzene ring substituents is 1. The Morgan fingerprint density at radius 1 is 1.29 bits per heavy atom. The highest BCUT2D eigenvalue weighted by Gasteiger charge is 2.26. The number of methoxy groups -OCH3 is 2. The minimum atomic E-state index is -0.804. The first-order chi connectivity index (χ1) is 11.3. The van der Waals surface area contributed by atoms with E-state index < -0.39 is 17.1 Å². The maximum atomic E-state index is 12.1. The molecule has 0 aromatic heterocycles. The second-order valence-corrected chi connectivity index (χ2v) is 5.32. The van der Waals surface area contributed by atoms with Gasteiger partial charge < -0.3 is 19.1 Å². The molecule has 8 heteroatoms. The number of amides is 1. The summed E-state index contributed by atoms with van der Waals surface area (Å²) < 4.78 is 15.6. The van der Waals surface area contributed by atoms with Crippen LogP contribution in [0.1, 0.15) is 38.4 Å². The molecule has 1 atom stereocenters. The molecular weight excluding hydrogens is 316 g/mol. The Morgan fingerprint density at radius 2 is 1.88 bits per heavy atom. The Morgan fingerprint density at radius 3 is 2.38 bits per heavy atom. The van der Waals surface area contributed by atoms with Crippen molar-refractivity contribution in [2.75, 3.05) is 27.8 Å². The average Bonchev–Trinajstić information content (AvgIpc) is 2.57. The van der Waals surface area contributed by atoms with E-state index >= 15 is 0 Å². The molecule has 24 heavy (non-hydrogen) atoms. The largest absolute Gasteiger partial charge is 0.493 e. The highest BCUT2D eigenvalue weighted by Crippen LogP contribution is 2.38. The van der Waals surface area contributed by atoms with Crippen LogP contribution in [0.3, 0.4) is 0 Å². The Kier molecular flexibility index (Phi) is 7.29. The zero-order chi connectivity index (χ0) is 18.3. The topological polar surface area (TPSA) is 91.1 Å². The second kappa shape index (κ2) is 8.95. The lowest BCUT2D eigenvalue weighted by Gasteiger charge is -2.21. The lowest BCUT2D eigenvalue weighted by Crippen LogP contribution is -2.29. The van der Waals surface area contributed by atoms with Crippen LogP contribution in [0, 0.1) is 10.1 Å². The van der Waals surface area contributed by atoms with Gasteiger partial charge in [0.1, 0.15) is 6.10 Å². The summed E-state index contributed by atoms with van der Waals surface area (Å²) in [7, 11) is 4.46. The number of carbonyl (C=O) groups is 1. The highest BCUT2D eigenvalue weighted by molar-refractivity contribution is 5.68. The highest BCUT2D eigenvalue weighted by atomic mass is 16.6. The van der Waals surface area contributed by atoms with Gasteiger partial charge in [-0.1, -0.05) is 13.3 Å². The van der Waals surface area contributed by atoms with Crippen molar-refractivity contribution < 1.29 is 23.9 Å². The van der Waals surface area contributed by atoms with Crippen molar-refractivity contribution in [1.82, 2.24) is 4.90 Å². The van der Waals surface area contributed by atoms with E-state index in [4.69, 9.17) is 14.2 Å². The monoisotopic (exact) mass is 340 g/mol. The number of hydrogen-bond acceptors (Lipinski definition) is 6. The lowest BCUT2D eigenvalue weighted by molar-refractivity contribution is -0.386. The number of nitro groups is 1. The van der Waals surface area contributed by atoms with Gasteiger partial charge in [-0.15, -0.1) is 0 Å². The minimum absolute atomic E-state index is 0.191. The molecule has 0 bridgehead atoms. The van der Waals surface area contributed by atoms with Gasteiger partial charge in [0.15, 0.2) is 11.5 Å². The van der Waals surface area contributed by atoms with Crippen molar-refractivity contribution in [2.24, 2.45) is 0 Å². The van der Waals surface area contributed by atoms with E-state index in [2.05, 4.69) is 0 Å². The van der Waals surface area contributed by atoms with Crippen LogP contribution in [0.25, 0.3) is 0 Å². The maximum absolute atomic E-state index is 12.1. The van der Waals surface area contributed by atoms with E-state index in [-0.39, 0.29) is 17.0 Å². The van der Waals surface area contributed by atoms with Gasteiger partial charge in [0, 0.05) is 13.6 Å². The third-order valence-corrected chi connectivity index (χ3v) is 3.60. The van der Waals surface area contributed by atoms with Crippen molar-refractivity contribution in [1.29, 1.82) is 0 Å². The predicted octanol–water partition coefficient (Wildman–Crippen LogP) is 3.54. The van der Waals surface area contributed by atoms with E-state index in [1.807, 2.05) is 6.92 Å². The van der Waals surface area contributed by atoms with Crippen LogP contribution in [0.4, 0.5) is 10.5 Å². The quantitative estimate of drug-likeness (QED) is 0.531. The summed E-state index contributed by atoms with van der Waals surface area (Å²) in [6.45, 7) is 4.17. The summed E-state index contributed by atoms with van der Waals surface area (Å²) >= 11 is 0.